The number of hydrogen-bond donors (Lipinski definition) is 0. The zero-order chi connectivity index (χ0) is 18.9. The summed E-state index contributed by atoms with van der Waals surface area (Å²) in [5.74, 6) is 0.945. The van der Waals surface area contributed by atoms with Crippen LogP contribution in [0.1, 0.15) is 11.1 Å². The van der Waals surface area contributed by atoms with Crippen LogP contribution < -0.4 is 4.90 Å². The molecule has 0 N–H and O–H groups in total. The van der Waals surface area contributed by atoms with Crippen LogP contribution in [0.25, 0.3) is 6.08 Å². The minimum atomic E-state index is -0.231. The summed E-state index contributed by atoms with van der Waals surface area (Å²) in [6.45, 7) is 0. The maximum Gasteiger partial charge on any atom is 0.300 e. The van der Waals surface area contributed by atoms with Crippen LogP contribution in [0, 0.1) is 0 Å². The van der Waals surface area contributed by atoms with Crippen LogP contribution >= 0.6 is 0 Å². The van der Waals surface area contributed by atoms with E-state index in [-0.39, 0.29) is 5.91 Å². The lowest BCUT2D eigenvalue weighted by atomic mass is 10.2. The monoisotopic (exact) mass is 364 g/mol. The van der Waals surface area contributed by atoms with Crippen molar-refractivity contribution in [2.24, 2.45) is 10.1 Å². The molecule has 5 rings (SSSR count). The Labute approximate surface area is 162 Å². The Morgan fingerprint density at radius 2 is 1.36 bits per heavy atom. The zero-order valence-corrected chi connectivity index (χ0v) is 14.9. The summed E-state index contributed by atoms with van der Waals surface area (Å²) in [5, 5.41) is 5.98. The molecule has 0 unspecified atom stereocenters. The smallest absolute Gasteiger partial charge is 0.265 e. The number of fused-ring (bicyclic) bond motifs is 1. The summed E-state index contributed by atoms with van der Waals surface area (Å²) in [7, 11) is 0. The van der Waals surface area contributed by atoms with Gasteiger partial charge in [-0.1, -0.05) is 78.9 Å². The second-order valence-electron chi connectivity index (χ2n) is 6.43. The molecule has 0 radical (unpaired) electrons. The number of para-hydroxylation sites is 1. The number of aliphatic imine (C=N–C) groups is 1. The third-order valence-corrected chi connectivity index (χ3v) is 4.58. The van der Waals surface area contributed by atoms with Crippen LogP contribution in [0.5, 0.6) is 0 Å². The summed E-state index contributed by atoms with van der Waals surface area (Å²) in [5.41, 5.74) is 3.12. The number of benzene rings is 3. The lowest BCUT2D eigenvalue weighted by Crippen LogP contribution is -2.36. The lowest BCUT2D eigenvalue weighted by molar-refractivity contribution is -0.122. The minimum absolute atomic E-state index is 0.231. The van der Waals surface area contributed by atoms with Crippen LogP contribution in [0.3, 0.4) is 0 Å². The molecule has 3 aromatic carbocycles. The predicted octanol–water partition coefficient (Wildman–Crippen LogP) is 4.11. The maximum absolute atomic E-state index is 13.0. The van der Waals surface area contributed by atoms with Gasteiger partial charge in [-0.15, -0.1) is 5.10 Å². The zero-order valence-electron chi connectivity index (χ0n) is 14.9. The molecule has 0 fully saturated rings. The Kier molecular flexibility index (Phi) is 3.84. The van der Waals surface area contributed by atoms with Gasteiger partial charge in [0.05, 0.1) is 5.69 Å². The van der Waals surface area contributed by atoms with E-state index >= 15 is 0 Å². The summed E-state index contributed by atoms with van der Waals surface area (Å²) in [6.07, 6.45) is 1.79. The average Bonchev–Trinajstić information content (AvgIpc) is 3.27. The molecule has 0 spiro atoms. The first-order valence-electron chi connectivity index (χ1n) is 9.00. The van der Waals surface area contributed by atoms with Gasteiger partial charge in [0.1, 0.15) is 5.70 Å². The number of carbonyl (C=O) groups is 1. The number of carbonyl (C=O) groups excluding carboxylic acids is 1. The van der Waals surface area contributed by atoms with Crippen molar-refractivity contribution in [1.29, 1.82) is 0 Å². The first-order chi connectivity index (χ1) is 13.8. The number of hydrazone groups is 1. The van der Waals surface area contributed by atoms with Crippen molar-refractivity contribution >= 4 is 29.5 Å². The normalized spacial score (nSPS) is 17.0. The number of hydrogen-bond acceptors (Lipinski definition) is 4. The SMILES string of the molecule is O=C1/C(=C\c2ccccc2)N=C2N1N=C(c1ccccc1)N2c1ccccc1. The number of amides is 1. The topological polar surface area (TPSA) is 48.3 Å². The van der Waals surface area contributed by atoms with E-state index < -0.39 is 0 Å². The molecule has 0 atom stereocenters. The van der Waals surface area contributed by atoms with Crippen molar-refractivity contribution in [3.63, 3.8) is 0 Å². The highest BCUT2D eigenvalue weighted by atomic mass is 16.2. The van der Waals surface area contributed by atoms with Crippen molar-refractivity contribution in [2.45, 2.75) is 0 Å². The van der Waals surface area contributed by atoms with Gasteiger partial charge in [0, 0.05) is 5.56 Å². The van der Waals surface area contributed by atoms with Crippen LogP contribution in [0.2, 0.25) is 0 Å². The Hall–Kier alpha value is -3.99. The van der Waals surface area contributed by atoms with Gasteiger partial charge in [-0.3, -0.25) is 9.69 Å². The molecular weight excluding hydrogens is 348 g/mol. The van der Waals surface area contributed by atoms with Crippen molar-refractivity contribution in [3.8, 4) is 0 Å². The maximum atomic E-state index is 13.0. The fourth-order valence-corrected chi connectivity index (χ4v) is 3.26. The van der Waals surface area contributed by atoms with E-state index in [0.29, 0.717) is 17.5 Å². The van der Waals surface area contributed by atoms with E-state index in [1.807, 2.05) is 95.9 Å². The van der Waals surface area contributed by atoms with Gasteiger partial charge >= 0.3 is 0 Å². The summed E-state index contributed by atoms with van der Waals surface area (Å²) in [6, 6.07) is 29.3. The minimum Gasteiger partial charge on any atom is -0.265 e. The van der Waals surface area contributed by atoms with E-state index in [4.69, 9.17) is 0 Å². The Bertz CT molecular complexity index is 1120. The van der Waals surface area contributed by atoms with Gasteiger partial charge in [-0.05, 0) is 23.8 Å². The van der Waals surface area contributed by atoms with Gasteiger partial charge in [0.15, 0.2) is 5.84 Å². The molecule has 28 heavy (non-hydrogen) atoms. The molecule has 134 valence electrons. The molecule has 0 aliphatic carbocycles. The van der Waals surface area contributed by atoms with Gasteiger partial charge in [0.25, 0.3) is 5.91 Å². The van der Waals surface area contributed by atoms with Gasteiger partial charge in [-0.2, -0.15) is 5.01 Å². The molecule has 5 heteroatoms. The Morgan fingerprint density at radius 1 is 0.750 bits per heavy atom. The number of amidine groups is 1. The van der Waals surface area contributed by atoms with E-state index in [1.54, 1.807) is 6.08 Å². The average molecular weight is 364 g/mol. The summed E-state index contributed by atoms with van der Waals surface area (Å²) < 4.78 is 0. The van der Waals surface area contributed by atoms with Crippen molar-refractivity contribution in [3.05, 3.63) is 108 Å². The first kappa shape index (κ1) is 16.2. The molecule has 3 aromatic rings. The number of anilines is 1. The summed E-state index contributed by atoms with van der Waals surface area (Å²) in [4.78, 5) is 19.5. The van der Waals surface area contributed by atoms with Crippen LogP contribution in [-0.4, -0.2) is 22.7 Å². The fraction of sp³-hybridized carbons (Fsp3) is 0. The molecular formula is C23H16N4O. The van der Waals surface area contributed by atoms with Crippen molar-refractivity contribution < 1.29 is 4.79 Å². The first-order valence-corrected chi connectivity index (χ1v) is 9.00. The summed E-state index contributed by atoms with van der Waals surface area (Å²) >= 11 is 0. The third kappa shape index (κ3) is 2.70. The van der Waals surface area contributed by atoms with Gasteiger partial charge in [0.2, 0.25) is 5.96 Å². The lowest BCUT2D eigenvalue weighted by Gasteiger charge is -2.19. The third-order valence-electron chi connectivity index (χ3n) is 4.58. The molecule has 0 bridgehead atoms. The van der Waals surface area contributed by atoms with Gasteiger partial charge in [-0.25, -0.2) is 4.99 Å². The predicted molar refractivity (Wildman–Crippen MR) is 111 cm³/mol. The molecule has 0 saturated heterocycles. The largest absolute Gasteiger partial charge is 0.300 e. The highest BCUT2D eigenvalue weighted by Crippen LogP contribution is 2.30. The van der Waals surface area contributed by atoms with E-state index in [0.717, 1.165) is 16.8 Å². The molecule has 2 aliphatic heterocycles. The van der Waals surface area contributed by atoms with Crippen LogP contribution in [0.15, 0.2) is 107 Å². The van der Waals surface area contributed by atoms with E-state index in [9.17, 15) is 4.79 Å². The molecule has 2 aliphatic rings. The van der Waals surface area contributed by atoms with Crippen LogP contribution in [-0.2, 0) is 4.79 Å². The Balaban J connectivity index is 1.61. The number of rotatable bonds is 3. The molecule has 0 aromatic heterocycles. The molecule has 1 amide bonds. The molecule has 5 nitrogen and oxygen atoms in total. The highest BCUT2D eigenvalue weighted by Gasteiger charge is 2.42. The van der Waals surface area contributed by atoms with E-state index in [2.05, 4.69) is 10.1 Å². The molecule has 0 saturated carbocycles. The quantitative estimate of drug-likeness (QED) is 0.657. The standard InChI is InChI=1S/C23H16N4O/c28-22-20(16-17-10-4-1-5-11-17)24-23-26(19-14-8-3-9-15-19)21(25-27(22)23)18-12-6-2-7-13-18/h1-16H/b20-16+. The van der Waals surface area contributed by atoms with Gasteiger partial charge < -0.3 is 0 Å². The van der Waals surface area contributed by atoms with E-state index in [1.165, 1.54) is 5.01 Å². The second-order valence-corrected chi connectivity index (χ2v) is 6.43. The highest BCUT2D eigenvalue weighted by molar-refractivity contribution is 6.33. The van der Waals surface area contributed by atoms with Crippen LogP contribution in [0.4, 0.5) is 5.69 Å². The van der Waals surface area contributed by atoms with Crippen molar-refractivity contribution in [2.75, 3.05) is 4.90 Å². The second kappa shape index (κ2) is 6.63. The number of nitrogens with zero attached hydrogens (tertiary/aromatic N) is 4. The van der Waals surface area contributed by atoms with Crippen molar-refractivity contribution in [1.82, 2.24) is 5.01 Å². The fourth-order valence-electron chi connectivity index (χ4n) is 3.26. The molecule has 2 heterocycles. The Morgan fingerprint density at radius 3 is 2.04 bits per heavy atom. The number of guanidine groups is 1.